The molecule has 0 radical (unpaired) electrons. The van der Waals surface area contributed by atoms with E-state index in [0.717, 1.165) is 29.6 Å². The second-order valence-corrected chi connectivity index (χ2v) is 7.74. The summed E-state index contributed by atoms with van der Waals surface area (Å²) >= 11 is 2.34. The zero-order valence-corrected chi connectivity index (χ0v) is 13.5. The summed E-state index contributed by atoms with van der Waals surface area (Å²) in [6.07, 6.45) is 4.60. The fourth-order valence-corrected chi connectivity index (χ4v) is 1.05. The predicted molar refractivity (Wildman–Crippen MR) is 80.1 cm³/mol. The highest BCUT2D eigenvalue weighted by molar-refractivity contribution is 14.1. The molecule has 98 valence electrons. The number of rotatable bonds is 2. The van der Waals surface area contributed by atoms with Crippen LogP contribution in [-0.4, -0.2) is 9.71 Å². The second kappa shape index (κ2) is 8.91. The van der Waals surface area contributed by atoms with Gasteiger partial charge in [-0.05, 0) is 25.7 Å². The van der Waals surface area contributed by atoms with Crippen LogP contribution in [0.1, 0.15) is 53.4 Å². The lowest BCUT2D eigenvalue weighted by atomic mass is 10.1. The Morgan fingerprint density at radius 2 is 1.59 bits per heavy atom. The summed E-state index contributed by atoms with van der Waals surface area (Å²) in [7, 11) is 0. The van der Waals surface area contributed by atoms with Gasteiger partial charge in [-0.15, -0.1) is 0 Å². The highest BCUT2D eigenvalue weighted by atomic mass is 127. The molecular weight excluding hydrogens is 325 g/mol. The Bertz CT molecular complexity index is 253. The molecule has 2 rings (SSSR count). The van der Waals surface area contributed by atoms with Crippen LogP contribution >= 0.6 is 22.6 Å². The quantitative estimate of drug-likeness (QED) is 0.549. The molecule has 0 unspecified atom stereocenters. The van der Waals surface area contributed by atoms with Gasteiger partial charge >= 0.3 is 0 Å². The number of carbonyl (C=O) groups is 1. The maximum Gasteiger partial charge on any atom is 0.138 e. The largest absolute Gasteiger partial charge is 0.299 e. The maximum atomic E-state index is 10.9. The topological polar surface area (TPSA) is 40.9 Å². The van der Waals surface area contributed by atoms with E-state index < -0.39 is 0 Å². The van der Waals surface area contributed by atoms with E-state index in [0.29, 0.717) is 17.6 Å². The van der Waals surface area contributed by atoms with Gasteiger partial charge in [-0.2, -0.15) is 5.26 Å². The average molecular weight is 349 g/mol. The van der Waals surface area contributed by atoms with Crippen LogP contribution in [0.15, 0.2) is 0 Å². The van der Waals surface area contributed by atoms with E-state index in [4.69, 9.17) is 5.26 Å². The zero-order valence-electron chi connectivity index (χ0n) is 11.4. The molecule has 0 aromatic carbocycles. The molecule has 0 atom stereocenters. The third-order valence-electron chi connectivity index (χ3n) is 2.31. The summed E-state index contributed by atoms with van der Waals surface area (Å²) in [4.78, 5) is 10.9. The molecule has 3 heteroatoms. The van der Waals surface area contributed by atoms with E-state index in [-0.39, 0.29) is 5.92 Å². The molecule has 0 aromatic rings. The lowest BCUT2D eigenvalue weighted by Crippen LogP contribution is -2.08. The van der Waals surface area contributed by atoms with Crippen LogP contribution in [0.3, 0.4) is 0 Å². The van der Waals surface area contributed by atoms with Crippen molar-refractivity contribution in [2.24, 2.45) is 17.8 Å². The van der Waals surface area contributed by atoms with Gasteiger partial charge in [-0.1, -0.05) is 50.3 Å². The smallest absolute Gasteiger partial charge is 0.138 e. The number of ketones is 1. The van der Waals surface area contributed by atoms with Gasteiger partial charge in [0.05, 0.1) is 6.07 Å². The molecule has 0 spiro atoms. The van der Waals surface area contributed by atoms with Crippen LogP contribution in [0.4, 0.5) is 0 Å². The molecule has 0 heterocycles. The average Bonchev–Trinajstić information content (AvgIpc) is 3.08. The summed E-state index contributed by atoms with van der Waals surface area (Å²) in [5.41, 5.74) is 0. The molecule has 2 aliphatic carbocycles. The van der Waals surface area contributed by atoms with Crippen LogP contribution in [0.2, 0.25) is 0 Å². The number of nitrogens with zero attached hydrogens (tertiary/aromatic N) is 1. The predicted octanol–water partition coefficient (Wildman–Crippen LogP) is 4.37. The fourth-order valence-electron chi connectivity index (χ4n) is 1.05. The Hall–Kier alpha value is -0.110. The molecule has 0 aromatic heterocycles. The number of hydrogen-bond acceptors (Lipinski definition) is 2. The zero-order chi connectivity index (χ0) is 13.4. The van der Waals surface area contributed by atoms with Crippen molar-refractivity contribution in [1.82, 2.24) is 0 Å². The van der Waals surface area contributed by atoms with Crippen LogP contribution in [0.25, 0.3) is 0 Å². The van der Waals surface area contributed by atoms with E-state index in [2.05, 4.69) is 42.5 Å². The minimum absolute atomic E-state index is 0.266. The van der Waals surface area contributed by atoms with Gasteiger partial charge in [-0.3, -0.25) is 4.79 Å². The molecule has 0 bridgehead atoms. The Kier molecular flexibility index (Phi) is 8.85. The molecule has 0 aliphatic heterocycles. The molecule has 2 saturated carbocycles. The van der Waals surface area contributed by atoms with E-state index in [9.17, 15) is 4.79 Å². The van der Waals surface area contributed by atoms with Gasteiger partial charge in [0.15, 0.2) is 0 Å². The minimum Gasteiger partial charge on any atom is -0.299 e. The number of hydrogen-bond donors (Lipinski definition) is 0. The first-order chi connectivity index (χ1) is 7.88. The van der Waals surface area contributed by atoms with Crippen LogP contribution in [0.5, 0.6) is 0 Å². The Balaban J connectivity index is 0.000000246. The van der Waals surface area contributed by atoms with Crippen LogP contribution in [0, 0.1) is 29.1 Å². The molecule has 0 saturated heterocycles. The molecule has 0 amide bonds. The first-order valence-corrected chi connectivity index (χ1v) is 7.70. The molecule has 17 heavy (non-hydrogen) atoms. The first kappa shape index (κ1) is 16.9. The van der Waals surface area contributed by atoms with Crippen LogP contribution < -0.4 is 0 Å². The summed E-state index contributed by atoms with van der Waals surface area (Å²) in [5, 5.41) is 7.96. The van der Waals surface area contributed by atoms with Gasteiger partial charge < -0.3 is 0 Å². The monoisotopic (exact) mass is 349 g/mol. The Morgan fingerprint density at radius 1 is 1.18 bits per heavy atom. The normalized spacial score (nSPS) is 17.5. The van der Waals surface area contributed by atoms with Gasteiger partial charge in [-0.25, -0.2) is 0 Å². The van der Waals surface area contributed by atoms with Crippen molar-refractivity contribution >= 4 is 28.4 Å². The Labute approximate surface area is 119 Å². The lowest BCUT2D eigenvalue weighted by Gasteiger charge is -1.98. The summed E-state index contributed by atoms with van der Waals surface area (Å²) in [6.45, 7) is 8.25. The third-order valence-corrected chi connectivity index (χ3v) is 2.31. The van der Waals surface area contributed by atoms with Gasteiger partial charge in [0.25, 0.3) is 0 Å². The molecular formula is C14H24INO. The van der Waals surface area contributed by atoms with Crippen molar-refractivity contribution < 1.29 is 4.79 Å². The SMILES string of the molecule is CC(C)C(=O)C1CC1.CC(C)I.N#CC1CC1. The van der Waals surface area contributed by atoms with Gasteiger partial charge in [0.2, 0.25) is 0 Å². The van der Waals surface area contributed by atoms with Crippen molar-refractivity contribution in [1.29, 1.82) is 5.26 Å². The van der Waals surface area contributed by atoms with E-state index in [1.165, 1.54) is 0 Å². The van der Waals surface area contributed by atoms with Crippen LogP contribution in [-0.2, 0) is 4.79 Å². The number of nitriles is 1. The van der Waals surface area contributed by atoms with Crippen molar-refractivity contribution in [3.63, 3.8) is 0 Å². The van der Waals surface area contributed by atoms with Gasteiger partial charge in [0.1, 0.15) is 5.78 Å². The van der Waals surface area contributed by atoms with Crippen molar-refractivity contribution in [2.75, 3.05) is 0 Å². The van der Waals surface area contributed by atoms with Crippen molar-refractivity contribution in [2.45, 2.75) is 57.3 Å². The number of alkyl halides is 1. The number of halogens is 1. The minimum atomic E-state index is 0.266. The van der Waals surface area contributed by atoms with E-state index >= 15 is 0 Å². The van der Waals surface area contributed by atoms with Gasteiger partial charge in [0, 0.05) is 21.7 Å². The standard InChI is InChI=1S/C7H12O.C4H5N.C3H7I/c1-5(2)7(8)6-3-4-6;5-3-4-1-2-4;1-3(2)4/h5-6H,3-4H2,1-2H3;4H,1-2H2;3H,1-2H3. The number of Topliss-reactive ketones (excluding diaryl/α,β-unsaturated/α-hetero) is 1. The summed E-state index contributed by atoms with van der Waals surface area (Å²) < 4.78 is 0.803. The summed E-state index contributed by atoms with van der Waals surface area (Å²) in [5.74, 6) is 1.62. The van der Waals surface area contributed by atoms with Crippen molar-refractivity contribution in [3.05, 3.63) is 0 Å². The van der Waals surface area contributed by atoms with E-state index in [1.54, 1.807) is 0 Å². The molecule has 2 aliphatic rings. The van der Waals surface area contributed by atoms with Crippen molar-refractivity contribution in [3.8, 4) is 6.07 Å². The lowest BCUT2D eigenvalue weighted by molar-refractivity contribution is -0.123. The third kappa shape index (κ3) is 12.1. The first-order valence-electron chi connectivity index (χ1n) is 6.45. The highest BCUT2D eigenvalue weighted by Crippen LogP contribution is 2.32. The summed E-state index contributed by atoms with van der Waals surface area (Å²) in [6, 6.07) is 2.14. The molecule has 2 nitrogen and oxygen atoms in total. The second-order valence-electron chi connectivity index (χ2n) is 5.25. The highest BCUT2D eigenvalue weighted by Gasteiger charge is 2.30. The molecule has 2 fully saturated rings. The number of carbonyl (C=O) groups excluding carboxylic acids is 1. The maximum absolute atomic E-state index is 10.9. The van der Waals surface area contributed by atoms with E-state index in [1.807, 2.05) is 13.8 Å². The molecule has 0 N–H and O–H groups in total. The Morgan fingerprint density at radius 3 is 1.65 bits per heavy atom. The fraction of sp³-hybridized carbons (Fsp3) is 0.857.